The minimum atomic E-state index is -0.320. The number of ether oxygens (including phenoxy) is 1. The number of aromatic nitrogens is 1. The summed E-state index contributed by atoms with van der Waals surface area (Å²) in [6, 6.07) is 4.19. The van der Waals surface area contributed by atoms with Crippen molar-refractivity contribution in [1.82, 2.24) is 15.6 Å². The van der Waals surface area contributed by atoms with Crippen molar-refractivity contribution in [2.75, 3.05) is 30.3 Å². The van der Waals surface area contributed by atoms with Gasteiger partial charge in [-0.3, -0.25) is 4.79 Å². The van der Waals surface area contributed by atoms with Gasteiger partial charge in [-0.15, -0.1) is 22.7 Å². The van der Waals surface area contributed by atoms with Gasteiger partial charge in [0, 0.05) is 48.9 Å². The maximum atomic E-state index is 15.1. The van der Waals surface area contributed by atoms with Gasteiger partial charge < -0.3 is 26.0 Å². The number of thiophene rings is 1. The second-order valence-corrected chi connectivity index (χ2v) is 11.0. The molecule has 2 saturated heterocycles. The van der Waals surface area contributed by atoms with Gasteiger partial charge >= 0.3 is 0 Å². The third kappa shape index (κ3) is 3.41. The van der Waals surface area contributed by atoms with E-state index in [0.29, 0.717) is 47.0 Å². The molecular formula is C22H24FN5O2S2. The molecule has 2 bridgehead atoms. The van der Waals surface area contributed by atoms with Gasteiger partial charge in [0.1, 0.15) is 27.9 Å². The Labute approximate surface area is 192 Å². The number of amides is 1. The summed E-state index contributed by atoms with van der Waals surface area (Å²) in [6.07, 6.45) is 2.74. The Morgan fingerprint density at radius 3 is 2.84 bits per heavy atom. The Hall–Kier alpha value is -2.43. The van der Waals surface area contributed by atoms with E-state index in [1.165, 1.54) is 35.5 Å². The number of hydrogen-bond acceptors (Lipinski definition) is 8. The van der Waals surface area contributed by atoms with Crippen LogP contribution in [-0.2, 0) is 6.42 Å². The highest BCUT2D eigenvalue weighted by atomic mass is 32.1. The Kier molecular flexibility index (Phi) is 4.78. The normalized spacial score (nSPS) is 24.4. The lowest BCUT2D eigenvalue weighted by Gasteiger charge is -2.35. The quantitative estimate of drug-likeness (QED) is 0.542. The zero-order valence-electron chi connectivity index (χ0n) is 17.6. The fraction of sp³-hybridized carbons (Fsp3) is 0.455. The number of anilines is 2. The monoisotopic (exact) mass is 473 g/mol. The van der Waals surface area contributed by atoms with E-state index >= 15 is 4.39 Å². The molecule has 2 aromatic heterocycles. The second-order valence-electron chi connectivity index (χ2n) is 8.84. The van der Waals surface area contributed by atoms with E-state index in [1.54, 1.807) is 6.07 Å². The van der Waals surface area contributed by atoms with Crippen molar-refractivity contribution >= 4 is 49.5 Å². The van der Waals surface area contributed by atoms with Crippen LogP contribution in [0.25, 0.3) is 9.53 Å². The first-order valence-electron chi connectivity index (χ1n) is 10.9. The smallest absolute Gasteiger partial charge is 0.263 e. The summed E-state index contributed by atoms with van der Waals surface area (Å²) >= 11 is 2.77. The molecule has 0 spiro atoms. The lowest BCUT2D eigenvalue weighted by Crippen LogP contribution is -2.51. The van der Waals surface area contributed by atoms with E-state index < -0.39 is 0 Å². The van der Waals surface area contributed by atoms with Gasteiger partial charge in [-0.05, 0) is 25.8 Å². The molecule has 6 rings (SSSR count). The van der Waals surface area contributed by atoms with Crippen LogP contribution >= 0.6 is 22.7 Å². The molecule has 2 fully saturated rings. The maximum Gasteiger partial charge on any atom is 0.263 e. The zero-order chi connectivity index (χ0) is 22.0. The topological polar surface area (TPSA) is 92.5 Å². The highest BCUT2D eigenvalue weighted by Crippen LogP contribution is 2.38. The molecule has 3 atom stereocenters. The molecular weight excluding hydrogens is 449 g/mol. The molecule has 4 N–H and O–H groups in total. The summed E-state index contributed by atoms with van der Waals surface area (Å²) in [4.78, 5) is 20.7. The molecule has 3 aliphatic rings. The Balaban J connectivity index is 1.18. The van der Waals surface area contributed by atoms with Crippen LogP contribution in [0.5, 0.6) is 5.75 Å². The van der Waals surface area contributed by atoms with Crippen molar-refractivity contribution in [2.45, 2.75) is 44.3 Å². The Morgan fingerprint density at radius 1 is 1.31 bits per heavy atom. The largest absolute Gasteiger partial charge is 0.491 e. The summed E-state index contributed by atoms with van der Waals surface area (Å²) < 4.78 is 21.8. The number of nitrogens with one attached hydrogen (secondary N) is 2. The fourth-order valence-electron chi connectivity index (χ4n) is 5.03. The number of rotatable bonds is 3. The number of aryl methyl sites for hydroxylation is 1. The summed E-state index contributed by atoms with van der Waals surface area (Å²) in [6.45, 7) is 3.99. The number of benzene rings is 1. The molecule has 3 unspecified atom stereocenters. The van der Waals surface area contributed by atoms with Gasteiger partial charge in [-0.2, -0.15) is 0 Å². The van der Waals surface area contributed by atoms with Crippen molar-refractivity contribution in [3.05, 3.63) is 33.4 Å². The second kappa shape index (κ2) is 7.57. The van der Waals surface area contributed by atoms with E-state index in [-0.39, 0.29) is 17.8 Å². The standard InChI is InChI=1S/C22H24FN5O2S2/c1-10-25-22-20(31-10)18(24)19(32-22)21(29)27-13-4-15-16(23)5-14(6-17(15)30-9-13)28-7-11-2-3-12(8-28)26-11/h5-6,11-13,26H,2-4,7-9,24H2,1H3,(H,27,29). The van der Waals surface area contributed by atoms with Crippen LogP contribution in [0.2, 0.25) is 0 Å². The number of hydrogen-bond donors (Lipinski definition) is 3. The van der Waals surface area contributed by atoms with Crippen LogP contribution < -0.4 is 26.0 Å². The molecule has 3 aromatic rings. The van der Waals surface area contributed by atoms with Crippen LogP contribution in [0.3, 0.4) is 0 Å². The first-order chi connectivity index (χ1) is 15.4. The highest BCUT2D eigenvalue weighted by molar-refractivity contribution is 7.29. The first-order valence-corrected chi connectivity index (χ1v) is 12.5. The molecule has 1 aromatic carbocycles. The molecule has 3 aliphatic heterocycles. The van der Waals surface area contributed by atoms with Crippen molar-refractivity contribution < 1.29 is 13.9 Å². The number of piperazine rings is 1. The number of halogens is 1. The lowest BCUT2D eigenvalue weighted by atomic mass is 10.0. The van der Waals surface area contributed by atoms with E-state index in [9.17, 15) is 4.79 Å². The van der Waals surface area contributed by atoms with Crippen LogP contribution in [-0.4, -0.2) is 48.7 Å². The molecule has 10 heteroatoms. The lowest BCUT2D eigenvalue weighted by molar-refractivity contribution is 0.0919. The van der Waals surface area contributed by atoms with E-state index in [1.807, 2.05) is 13.0 Å². The van der Waals surface area contributed by atoms with Crippen LogP contribution in [0.1, 0.15) is 33.1 Å². The Morgan fingerprint density at radius 2 is 2.09 bits per heavy atom. The molecule has 0 saturated carbocycles. The number of carbonyl (C=O) groups excluding carboxylic acids is 1. The number of fused-ring (bicyclic) bond motifs is 4. The molecule has 7 nitrogen and oxygen atoms in total. The number of nitrogens with zero attached hydrogens (tertiary/aromatic N) is 2. The maximum absolute atomic E-state index is 15.1. The van der Waals surface area contributed by atoms with Crippen molar-refractivity contribution in [1.29, 1.82) is 0 Å². The predicted octanol–water partition coefficient (Wildman–Crippen LogP) is 3.06. The summed E-state index contributed by atoms with van der Waals surface area (Å²) in [5, 5.41) is 7.49. The summed E-state index contributed by atoms with van der Waals surface area (Å²) in [5.41, 5.74) is 8.04. The van der Waals surface area contributed by atoms with E-state index in [2.05, 4.69) is 20.5 Å². The van der Waals surface area contributed by atoms with Crippen LogP contribution in [0.15, 0.2) is 12.1 Å². The van der Waals surface area contributed by atoms with Crippen molar-refractivity contribution in [3.63, 3.8) is 0 Å². The van der Waals surface area contributed by atoms with E-state index in [0.717, 1.165) is 33.3 Å². The first kappa shape index (κ1) is 20.2. The molecule has 0 aliphatic carbocycles. The van der Waals surface area contributed by atoms with Crippen LogP contribution in [0.4, 0.5) is 15.8 Å². The van der Waals surface area contributed by atoms with Crippen molar-refractivity contribution in [2.24, 2.45) is 0 Å². The van der Waals surface area contributed by atoms with Gasteiger partial charge in [-0.25, -0.2) is 9.37 Å². The molecule has 5 heterocycles. The summed E-state index contributed by atoms with van der Waals surface area (Å²) in [7, 11) is 0. The van der Waals surface area contributed by atoms with Crippen molar-refractivity contribution in [3.8, 4) is 5.75 Å². The third-order valence-electron chi connectivity index (χ3n) is 6.54. The molecule has 32 heavy (non-hydrogen) atoms. The molecule has 0 radical (unpaired) electrons. The number of carbonyl (C=O) groups is 1. The average molecular weight is 474 g/mol. The van der Waals surface area contributed by atoms with Gasteiger partial charge in [0.05, 0.1) is 21.4 Å². The van der Waals surface area contributed by atoms with Gasteiger partial charge in [0.2, 0.25) is 0 Å². The Bertz CT molecular complexity index is 1210. The van der Waals surface area contributed by atoms with Crippen LogP contribution in [0, 0.1) is 12.7 Å². The third-order valence-corrected chi connectivity index (χ3v) is 8.78. The number of nitrogens with two attached hydrogens (primary N) is 1. The van der Waals surface area contributed by atoms with Gasteiger partial charge in [0.25, 0.3) is 5.91 Å². The number of thiazole rings is 1. The minimum absolute atomic E-state index is 0.263. The molecule has 168 valence electrons. The van der Waals surface area contributed by atoms with E-state index in [4.69, 9.17) is 10.5 Å². The zero-order valence-corrected chi connectivity index (χ0v) is 19.2. The summed E-state index contributed by atoms with van der Waals surface area (Å²) in [5.74, 6) is 0.0334. The average Bonchev–Trinajstić information content (AvgIpc) is 3.41. The predicted molar refractivity (Wildman–Crippen MR) is 126 cm³/mol. The van der Waals surface area contributed by atoms with Gasteiger partial charge in [-0.1, -0.05) is 0 Å². The van der Waals surface area contributed by atoms with Gasteiger partial charge in [0.15, 0.2) is 0 Å². The highest BCUT2D eigenvalue weighted by Gasteiger charge is 2.33. The number of nitrogen functional groups attached to an aromatic ring is 1. The fourth-order valence-corrected chi connectivity index (χ4v) is 7.12. The SMILES string of the molecule is Cc1nc2sc(C(=O)NC3COc4cc(N5CC6CCC(C5)N6)cc(F)c4C3)c(N)c2s1. The minimum Gasteiger partial charge on any atom is -0.491 e. The molecule has 1 amide bonds.